The molecule has 4 heteroatoms. The quantitative estimate of drug-likeness (QED) is 0.442. The molecule has 0 bridgehead atoms. The maximum Gasteiger partial charge on any atom is -0.0149 e. The molecule has 33 valence electrons. The molecule has 0 aromatic heterocycles. The van der Waals surface area contributed by atoms with Crippen LogP contribution < -0.4 is 0 Å². The van der Waals surface area contributed by atoms with Gasteiger partial charge in [-0.15, -0.1) is 0 Å². The van der Waals surface area contributed by atoms with Crippen LogP contribution in [0.2, 0.25) is 0 Å². The molecule has 0 aromatic carbocycles. The van der Waals surface area contributed by atoms with Gasteiger partial charge in [-0.25, -0.2) is 0 Å². The molecule has 0 unspecified atom stereocenters. The summed E-state index contributed by atoms with van der Waals surface area (Å²) in [5.41, 5.74) is 0. The fourth-order valence-electron chi connectivity index (χ4n) is 0. The molecule has 0 N–H and O–H groups in total. The van der Waals surface area contributed by atoms with E-state index < -0.39 is 0 Å². The van der Waals surface area contributed by atoms with Crippen LogP contribution in [0.3, 0.4) is 0 Å². The second kappa shape index (κ2) is 8.85. The molecule has 4 heavy (non-hydrogen) atoms. The first-order chi connectivity index (χ1) is 1.41. The Morgan fingerprint density at radius 3 is 1.25 bits per heavy atom. The Bertz CT molecular complexity index is 6.00. The van der Waals surface area contributed by atoms with Crippen LogP contribution in [0.5, 0.6) is 0 Å². The fourth-order valence-corrected chi connectivity index (χ4v) is 0. The number of hydrogen-bond donors (Lipinski definition) is 0. The van der Waals surface area contributed by atoms with Crippen molar-refractivity contribution in [2.24, 2.45) is 0 Å². The molecule has 0 saturated carbocycles. The standard InChI is InChI=1S/2ClH.Cu.H4Si/h2*1H;;1H4/q;;+2;/p-2. The Kier molecular flexibility index (Phi) is 19.9. The first kappa shape index (κ1) is 9.01. The number of rotatable bonds is 0. The van der Waals surface area contributed by atoms with Crippen molar-refractivity contribution in [1.82, 2.24) is 0 Å². The Morgan fingerprint density at radius 2 is 1.25 bits per heavy atom. The number of hydrogen-bond acceptors (Lipinski definition) is 0. The van der Waals surface area contributed by atoms with Gasteiger partial charge in [-0.1, -0.05) is 0 Å². The predicted octanol–water partition coefficient (Wildman–Crippen LogP) is -0.0751. The van der Waals surface area contributed by atoms with E-state index in [4.69, 9.17) is 0 Å². The molecule has 0 rings (SSSR count). The molecule has 0 amide bonds. The molecule has 0 aliphatic carbocycles. The smallest absolute Gasteiger partial charge is 0.0149 e. The maximum atomic E-state index is 4.67. The minimum atomic E-state index is 0. The Morgan fingerprint density at radius 1 is 1.25 bits per heavy atom. The molecule has 0 fully saturated rings. The summed E-state index contributed by atoms with van der Waals surface area (Å²) in [4.78, 5) is 0. The van der Waals surface area contributed by atoms with E-state index in [1.807, 2.05) is 0 Å². The van der Waals surface area contributed by atoms with Crippen molar-refractivity contribution in [2.45, 2.75) is 0 Å². The summed E-state index contributed by atoms with van der Waals surface area (Å²) >= 11 is 0.757. The van der Waals surface area contributed by atoms with Crippen LogP contribution in [0.15, 0.2) is 0 Å². The van der Waals surface area contributed by atoms with Crippen molar-refractivity contribution in [2.75, 3.05) is 0 Å². The predicted molar refractivity (Wildman–Crippen MR) is 23.0 cm³/mol. The van der Waals surface area contributed by atoms with Gasteiger partial charge in [-0.05, 0) is 11.0 Å². The Hall–Kier alpha value is 1.32. The van der Waals surface area contributed by atoms with Crippen LogP contribution in [0.25, 0.3) is 0 Å². The molecule has 0 aromatic rings. The van der Waals surface area contributed by atoms with E-state index in [0.29, 0.717) is 0 Å². The SMILES string of the molecule is [Cl][Cu][Cl].[SiH4]. The van der Waals surface area contributed by atoms with E-state index in [2.05, 4.69) is 20.2 Å². The Balaban J connectivity index is 0. The third kappa shape index (κ3) is 10.3. The van der Waals surface area contributed by atoms with Crippen LogP contribution in [0.1, 0.15) is 0 Å². The first-order valence-electron chi connectivity index (χ1n) is 0.228. The van der Waals surface area contributed by atoms with Crippen molar-refractivity contribution in [3.05, 3.63) is 0 Å². The van der Waals surface area contributed by atoms with E-state index >= 15 is 0 Å². The summed E-state index contributed by atoms with van der Waals surface area (Å²) in [6.45, 7) is 0. The molecular weight excluding hydrogens is 163 g/mol. The third-order valence-corrected chi connectivity index (χ3v) is 0. The summed E-state index contributed by atoms with van der Waals surface area (Å²) in [5.74, 6) is 0. The zero-order valence-corrected chi connectivity index (χ0v) is 3.51. The monoisotopic (exact) mass is 165 g/mol. The van der Waals surface area contributed by atoms with Crippen molar-refractivity contribution in [1.29, 1.82) is 0 Å². The fraction of sp³-hybridized carbons (Fsp3) is 0. The van der Waals surface area contributed by atoms with Gasteiger partial charge in [-0.2, -0.15) is 0 Å². The zero-order valence-electron chi connectivity index (χ0n) is 1.06. The van der Waals surface area contributed by atoms with Crippen molar-refractivity contribution in [3.8, 4) is 0 Å². The van der Waals surface area contributed by atoms with E-state index in [1.165, 1.54) is 0 Å². The van der Waals surface area contributed by atoms with Gasteiger partial charge in [0, 0.05) is 0 Å². The zero-order chi connectivity index (χ0) is 2.71. The molecule has 0 atom stereocenters. The second-order valence-electron chi connectivity index (χ2n) is 0.0431. The minimum Gasteiger partial charge on any atom is -0.0149 e. The van der Waals surface area contributed by atoms with Crippen molar-refractivity contribution < 1.29 is 13.1 Å². The van der Waals surface area contributed by atoms with Crippen LogP contribution in [0.4, 0.5) is 0 Å². The van der Waals surface area contributed by atoms with Crippen LogP contribution in [-0.2, 0) is 13.1 Å². The van der Waals surface area contributed by atoms with Gasteiger partial charge in [0.2, 0.25) is 0 Å². The molecule has 0 aliphatic rings. The summed E-state index contributed by atoms with van der Waals surface area (Å²) in [6.07, 6.45) is 0. The minimum absolute atomic E-state index is 0. The van der Waals surface area contributed by atoms with Crippen LogP contribution >= 0.6 is 20.2 Å². The summed E-state index contributed by atoms with van der Waals surface area (Å²) in [7, 11) is 9.34. The topological polar surface area (TPSA) is 0 Å². The normalized spacial score (nSPS) is 5.50. The molecule has 0 radical (unpaired) electrons. The van der Waals surface area contributed by atoms with E-state index in [1.54, 1.807) is 0 Å². The largest absolute Gasteiger partial charge is 0.0149 e. The van der Waals surface area contributed by atoms with Gasteiger partial charge >= 0.3 is 33.3 Å². The van der Waals surface area contributed by atoms with Gasteiger partial charge in [0.05, 0.1) is 0 Å². The van der Waals surface area contributed by atoms with E-state index in [9.17, 15) is 0 Å². The first-order valence-corrected chi connectivity index (χ1v) is 2.82. The molecule has 0 nitrogen and oxygen atoms in total. The average molecular weight is 167 g/mol. The van der Waals surface area contributed by atoms with Gasteiger partial charge in [0.1, 0.15) is 0 Å². The van der Waals surface area contributed by atoms with Gasteiger partial charge in [0.25, 0.3) is 0 Å². The summed E-state index contributed by atoms with van der Waals surface area (Å²) < 4.78 is 0. The second-order valence-corrected chi connectivity index (χ2v) is 1.60. The van der Waals surface area contributed by atoms with Crippen LogP contribution in [0, 0.1) is 0 Å². The molecular formula is H4Cl2CuSi. The number of halogens is 2. The maximum absolute atomic E-state index is 4.67. The van der Waals surface area contributed by atoms with Gasteiger partial charge in [0.15, 0.2) is 0 Å². The van der Waals surface area contributed by atoms with Crippen LogP contribution in [-0.4, -0.2) is 11.0 Å². The van der Waals surface area contributed by atoms with Gasteiger partial charge in [-0.3, -0.25) is 0 Å². The van der Waals surface area contributed by atoms with Crippen molar-refractivity contribution in [3.63, 3.8) is 0 Å². The summed E-state index contributed by atoms with van der Waals surface area (Å²) in [5, 5.41) is 0. The Labute approximate surface area is 44.5 Å². The molecule has 0 saturated heterocycles. The average Bonchev–Trinajstić information content (AvgIpc) is 0.918. The van der Waals surface area contributed by atoms with Gasteiger partial charge < -0.3 is 0 Å². The molecule has 0 aliphatic heterocycles. The summed E-state index contributed by atoms with van der Waals surface area (Å²) in [6, 6.07) is 0. The molecule has 0 heterocycles. The van der Waals surface area contributed by atoms with E-state index in [-0.39, 0.29) is 11.0 Å². The third-order valence-electron chi connectivity index (χ3n) is 0. The van der Waals surface area contributed by atoms with Crippen molar-refractivity contribution >= 4 is 31.2 Å². The van der Waals surface area contributed by atoms with E-state index in [0.717, 1.165) is 13.1 Å². The molecule has 0 spiro atoms.